The van der Waals surface area contributed by atoms with Gasteiger partial charge >= 0.3 is 0 Å². The molecule has 0 heterocycles. The van der Waals surface area contributed by atoms with E-state index in [1.807, 2.05) is 20.8 Å². The van der Waals surface area contributed by atoms with E-state index in [2.05, 4.69) is 11.9 Å². The smallest absolute Gasteiger partial charge is 0.211 e. The van der Waals surface area contributed by atoms with Crippen LogP contribution in [0.5, 0.6) is 5.75 Å². The molecule has 0 aliphatic heterocycles. The van der Waals surface area contributed by atoms with Gasteiger partial charge < -0.3 is 10.4 Å². The number of amides is 1. The van der Waals surface area contributed by atoms with Crippen molar-refractivity contribution in [3.05, 3.63) is 34.9 Å². The second-order valence-electron chi connectivity index (χ2n) is 4.08. The van der Waals surface area contributed by atoms with Crippen molar-refractivity contribution < 1.29 is 9.90 Å². The maximum atomic E-state index is 10.5. The van der Waals surface area contributed by atoms with Crippen molar-refractivity contribution in [2.45, 2.75) is 27.2 Å². The Morgan fingerprint density at radius 2 is 2.12 bits per heavy atom. The highest BCUT2D eigenvalue weighted by Gasteiger charge is 2.11. The van der Waals surface area contributed by atoms with Crippen molar-refractivity contribution >= 4 is 12.1 Å². The third kappa shape index (κ3) is 2.42. The van der Waals surface area contributed by atoms with Crippen LogP contribution in [0.2, 0.25) is 0 Å². The summed E-state index contributed by atoms with van der Waals surface area (Å²) in [6.07, 6.45) is 1.25. The molecule has 0 spiro atoms. The van der Waals surface area contributed by atoms with Crippen molar-refractivity contribution in [1.82, 2.24) is 0 Å². The molecule has 16 heavy (non-hydrogen) atoms. The van der Waals surface area contributed by atoms with Gasteiger partial charge in [-0.05, 0) is 44.4 Å². The molecule has 0 atom stereocenters. The number of benzene rings is 1. The van der Waals surface area contributed by atoms with Gasteiger partial charge in [0.05, 0.1) is 0 Å². The lowest BCUT2D eigenvalue weighted by Crippen LogP contribution is -2.01. The Hall–Kier alpha value is -1.77. The quantitative estimate of drug-likeness (QED) is 0.464. The minimum Gasteiger partial charge on any atom is -0.507 e. The maximum absolute atomic E-state index is 10.5. The number of allylic oxidation sites excluding steroid dienone is 1. The molecule has 0 radical (unpaired) electrons. The summed E-state index contributed by atoms with van der Waals surface area (Å²) in [5.74, 6) is 0.289. The van der Waals surface area contributed by atoms with E-state index in [1.165, 1.54) is 0 Å². The highest BCUT2D eigenvalue weighted by molar-refractivity contribution is 5.75. The minimum atomic E-state index is 0.289. The largest absolute Gasteiger partial charge is 0.507 e. The number of hydrogen-bond donors (Lipinski definition) is 2. The van der Waals surface area contributed by atoms with Gasteiger partial charge in [-0.25, -0.2) is 0 Å². The van der Waals surface area contributed by atoms with Crippen LogP contribution in [0, 0.1) is 13.8 Å². The van der Waals surface area contributed by atoms with Crippen LogP contribution in [0.25, 0.3) is 0 Å². The fourth-order valence-electron chi connectivity index (χ4n) is 1.64. The molecule has 3 heteroatoms. The molecule has 3 nitrogen and oxygen atoms in total. The molecule has 2 N–H and O–H groups in total. The number of anilines is 1. The van der Waals surface area contributed by atoms with E-state index in [4.69, 9.17) is 0 Å². The van der Waals surface area contributed by atoms with Crippen LogP contribution in [0.3, 0.4) is 0 Å². The van der Waals surface area contributed by atoms with Gasteiger partial charge in [0, 0.05) is 11.3 Å². The summed E-state index contributed by atoms with van der Waals surface area (Å²) >= 11 is 0. The Morgan fingerprint density at radius 1 is 1.50 bits per heavy atom. The van der Waals surface area contributed by atoms with Crippen LogP contribution >= 0.6 is 0 Å². The van der Waals surface area contributed by atoms with Crippen LogP contribution in [0.4, 0.5) is 5.69 Å². The first-order valence-electron chi connectivity index (χ1n) is 5.14. The van der Waals surface area contributed by atoms with E-state index < -0.39 is 0 Å². The third-order valence-corrected chi connectivity index (χ3v) is 2.65. The van der Waals surface area contributed by atoms with Gasteiger partial charge in [0.25, 0.3) is 0 Å². The van der Waals surface area contributed by atoms with Crippen molar-refractivity contribution in [2.24, 2.45) is 0 Å². The number of phenolic OH excluding ortho intramolecular Hbond substituents is 1. The van der Waals surface area contributed by atoms with Crippen molar-refractivity contribution in [1.29, 1.82) is 0 Å². The summed E-state index contributed by atoms with van der Waals surface area (Å²) in [6.45, 7) is 9.42. The summed E-state index contributed by atoms with van der Waals surface area (Å²) < 4.78 is 0. The zero-order chi connectivity index (χ0) is 12.3. The van der Waals surface area contributed by atoms with E-state index in [0.717, 1.165) is 28.0 Å². The Balaban J connectivity index is 3.28. The lowest BCUT2D eigenvalue weighted by atomic mass is 9.98. The standard InChI is InChI=1S/C13H17NO2/c1-8(2)5-11-6-12(14-7-15)9(3)10(4)13(11)16/h6-7,16H,1,5H2,2-4H3,(H,14,15). The van der Waals surface area contributed by atoms with Crippen molar-refractivity contribution in [3.63, 3.8) is 0 Å². The predicted octanol–water partition coefficient (Wildman–Crippen LogP) is 2.70. The van der Waals surface area contributed by atoms with Gasteiger partial charge in [0.1, 0.15) is 5.75 Å². The molecule has 1 rings (SSSR count). The van der Waals surface area contributed by atoms with Gasteiger partial charge in [0.2, 0.25) is 6.41 Å². The zero-order valence-electron chi connectivity index (χ0n) is 9.92. The first-order chi connectivity index (χ1) is 7.47. The average molecular weight is 219 g/mol. The Bertz CT molecular complexity index is 436. The minimum absolute atomic E-state index is 0.289. The molecule has 0 aromatic heterocycles. The normalized spacial score (nSPS) is 9.94. The first-order valence-corrected chi connectivity index (χ1v) is 5.14. The molecular weight excluding hydrogens is 202 g/mol. The first kappa shape index (κ1) is 12.3. The molecule has 86 valence electrons. The SMILES string of the molecule is C=C(C)Cc1cc(NC=O)c(C)c(C)c1O. The fraction of sp³-hybridized carbons (Fsp3) is 0.308. The molecule has 1 aromatic rings. The highest BCUT2D eigenvalue weighted by atomic mass is 16.3. The molecule has 0 unspecified atom stereocenters. The predicted molar refractivity (Wildman–Crippen MR) is 65.8 cm³/mol. The summed E-state index contributed by atoms with van der Waals surface area (Å²) in [5.41, 5.74) is 4.18. The van der Waals surface area contributed by atoms with Crippen molar-refractivity contribution in [3.8, 4) is 5.75 Å². The molecule has 0 fully saturated rings. The van der Waals surface area contributed by atoms with E-state index in [0.29, 0.717) is 12.8 Å². The second-order valence-corrected chi connectivity index (χ2v) is 4.08. The summed E-state index contributed by atoms with van der Waals surface area (Å²) in [5, 5.41) is 12.6. The van der Waals surface area contributed by atoms with Gasteiger partial charge in [0.15, 0.2) is 0 Å². The topological polar surface area (TPSA) is 49.3 Å². The molecule has 0 bridgehead atoms. The van der Waals surface area contributed by atoms with Gasteiger partial charge in [-0.1, -0.05) is 12.2 Å². The summed E-state index contributed by atoms with van der Waals surface area (Å²) in [6, 6.07) is 1.79. The van der Waals surface area contributed by atoms with E-state index in [1.54, 1.807) is 6.07 Å². The van der Waals surface area contributed by atoms with Gasteiger partial charge in [-0.2, -0.15) is 0 Å². The molecule has 0 aliphatic carbocycles. The number of nitrogens with one attached hydrogen (secondary N) is 1. The molecule has 0 saturated heterocycles. The number of hydrogen-bond acceptors (Lipinski definition) is 2. The Kier molecular flexibility index (Phi) is 3.72. The second kappa shape index (κ2) is 4.84. The highest BCUT2D eigenvalue weighted by Crippen LogP contribution is 2.32. The van der Waals surface area contributed by atoms with Crippen LogP contribution in [-0.4, -0.2) is 11.5 Å². The zero-order valence-corrected chi connectivity index (χ0v) is 9.92. The lowest BCUT2D eigenvalue weighted by Gasteiger charge is -2.14. The van der Waals surface area contributed by atoms with Crippen LogP contribution in [-0.2, 0) is 11.2 Å². The van der Waals surface area contributed by atoms with Crippen LogP contribution in [0.15, 0.2) is 18.2 Å². The fourth-order valence-corrected chi connectivity index (χ4v) is 1.64. The molecule has 0 aliphatic rings. The van der Waals surface area contributed by atoms with E-state index in [9.17, 15) is 9.90 Å². The monoisotopic (exact) mass is 219 g/mol. The number of carbonyl (C=O) groups is 1. The number of aromatic hydroxyl groups is 1. The number of carbonyl (C=O) groups excluding carboxylic acids is 1. The maximum Gasteiger partial charge on any atom is 0.211 e. The van der Waals surface area contributed by atoms with Crippen molar-refractivity contribution in [2.75, 3.05) is 5.32 Å². The molecular formula is C13H17NO2. The molecule has 1 amide bonds. The van der Waals surface area contributed by atoms with Crippen LogP contribution in [0.1, 0.15) is 23.6 Å². The lowest BCUT2D eigenvalue weighted by molar-refractivity contribution is -0.105. The third-order valence-electron chi connectivity index (χ3n) is 2.65. The Morgan fingerprint density at radius 3 is 2.62 bits per heavy atom. The van der Waals surface area contributed by atoms with Gasteiger partial charge in [-0.3, -0.25) is 4.79 Å². The van der Waals surface area contributed by atoms with Gasteiger partial charge in [-0.15, -0.1) is 0 Å². The summed E-state index contributed by atoms with van der Waals surface area (Å²) in [4.78, 5) is 10.5. The average Bonchev–Trinajstić information content (AvgIpc) is 2.21. The number of rotatable bonds is 4. The molecule has 0 saturated carbocycles. The molecule has 1 aromatic carbocycles. The van der Waals surface area contributed by atoms with E-state index >= 15 is 0 Å². The number of phenols is 1. The summed E-state index contributed by atoms with van der Waals surface area (Å²) in [7, 11) is 0. The van der Waals surface area contributed by atoms with E-state index in [-0.39, 0.29) is 5.75 Å². The van der Waals surface area contributed by atoms with Crippen LogP contribution < -0.4 is 5.32 Å². The Labute approximate surface area is 95.8 Å².